The van der Waals surface area contributed by atoms with Crippen LogP contribution in [0.15, 0.2) is 65.0 Å². The number of ether oxygens (including phenoxy) is 1. The Balaban J connectivity index is 1.90. The summed E-state index contributed by atoms with van der Waals surface area (Å²) in [5, 5.41) is 10.6. The molecule has 9 nitrogen and oxygen atoms in total. The van der Waals surface area contributed by atoms with Crippen molar-refractivity contribution >= 4 is 33.2 Å². The summed E-state index contributed by atoms with van der Waals surface area (Å²) in [6.07, 6.45) is 0.172. The topological polar surface area (TPSA) is 127 Å². The summed E-state index contributed by atoms with van der Waals surface area (Å²) < 4.78 is 33.6. The van der Waals surface area contributed by atoms with Crippen molar-refractivity contribution in [2.24, 2.45) is 0 Å². The van der Waals surface area contributed by atoms with E-state index >= 15 is 0 Å². The van der Waals surface area contributed by atoms with Crippen molar-refractivity contribution in [1.29, 1.82) is 0 Å². The van der Waals surface area contributed by atoms with Gasteiger partial charge in [0.05, 0.1) is 0 Å². The monoisotopic (exact) mass is 516 g/mol. The van der Waals surface area contributed by atoms with Crippen LogP contribution in [0.25, 0.3) is 0 Å². The average Bonchev–Trinajstić information content (AvgIpc) is 3.24. The van der Waals surface area contributed by atoms with Gasteiger partial charge in [-0.1, -0.05) is 72.0 Å². The molecule has 3 aromatic rings. The van der Waals surface area contributed by atoms with Gasteiger partial charge in [0.25, 0.3) is 10.0 Å². The molecule has 0 saturated heterocycles. The first-order valence-electron chi connectivity index (χ1n) is 10.9. The molecule has 2 N–H and O–H groups in total. The summed E-state index contributed by atoms with van der Waals surface area (Å²) in [6.45, 7) is 6.83. The lowest BCUT2D eigenvalue weighted by atomic mass is 10.0. The fourth-order valence-corrected chi connectivity index (χ4v) is 5.35. The Morgan fingerprint density at radius 3 is 2.14 bits per heavy atom. The number of amides is 1. The summed E-state index contributed by atoms with van der Waals surface area (Å²) in [5.74, 6) is -1.32. The number of benzene rings is 2. The number of nitrogens with zero attached hydrogens (tertiary/aromatic N) is 2. The first-order valence-corrected chi connectivity index (χ1v) is 13.2. The molecule has 0 spiro atoms. The highest BCUT2D eigenvalue weighted by Gasteiger charge is 2.33. The van der Waals surface area contributed by atoms with Gasteiger partial charge in [0.1, 0.15) is 22.7 Å². The van der Waals surface area contributed by atoms with Crippen LogP contribution in [0, 0.1) is 6.92 Å². The van der Waals surface area contributed by atoms with Crippen LogP contribution in [0.2, 0.25) is 0 Å². The molecule has 35 heavy (non-hydrogen) atoms. The summed E-state index contributed by atoms with van der Waals surface area (Å²) in [5.41, 5.74) is 0.439. The molecule has 2 atom stereocenters. The third-order valence-electron chi connectivity index (χ3n) is 4.70. The maximum absolute atomic E-state index is 13.5. The van der Waals surface area contributed by atoms with Crippen LogP contribution in [0.4, 0.5) is 0 Å². The summed E-state index contributed by atoms with van der Waals surface area (Å²) in [4.78, 5) is 26.4. The summed E-state index contributed by atoms with van der Waals surface area (Å²) in [6, 6.07) is 15.2. The Bertz CT molecular complexity index is 1260. The molecule has 186 valence electrons. The molecule has 0 aliphatic heterocycles. The second-order valence-corrected chi connectivity index (χ2v) is 11.9. The smallest absolute Gasteiger partial charge is 0.329 e. The van der Waals surface area contributed by atoms with Crippen LogP contribution in [0.1, 0.15) is 42.9 Å². The molecular formula is C24H28N4O5S2. The van der Waals surface area contributed by atoms with Crippen LogP contribution in [-0.4, -0.2) is 42.1 Å². The molecule has 0 unspecified atom stereocenters. The van der Waals surface area contributed by atoms with E-state index in [1.165, 1.54) is 0 Å². The number of rotatable bonds is 9. The Kier molecular flexibility index (Phi) is 8.36. The lowest BCUT2D eigenvalue weighted by molar-refractivity contribution is -0.158. The summed E-state index contributed by atoms with van der Waals surface area (Å²) >= 11 is 0.892. The Hall–Kier alpha value is -3.15. The largest absolute Gasteiger partial charge is 0.458 e. The van der Waals surface area contributed by atoms with Gasteiger partial charge in [0, 0.05) is 6.42 Å². The first kappa shape index (κ1) is 26.5. The number of hydrogen-bond acceptors (Lipinski definition) is 8. The molecule has 0 radical (unpaired) electrons. The molecule has 0 fully saturated rings. The number of sulfonamides is 1. The third kappa shape index (κ3) is 7.67. The minimum absolute atomic E-state index is 0.172. The molecule has 3 rings (SSSR count). The standard InChI is InChI=1S/C24H28N4O5S2/c1-16-26-27-23(34-16)35(31,32)28-20(18-13-9-6-10-14-18)21(29)25-19(22(30)33-24(2,3)4)15-17-11-7-5-8-12-17/h5-14,19-20,28H,15H2,1-4H3,(H,25,29)/t19-,20+/m0/s1. The second kappa shape index (κ2) is 11.1. The molecule has 1 aromatic heterocycles. The average molecular weight is 517 g/mol. The number of aromatic nitrogens is 2. The number of aryl methyl sites for hydroxylation is 1. The number of hydrogen-bond donors (Lipinski definition) is 2. The van der Waals surface area contributed by atoms with Crippen LogP contribution in [0.3, 0.4) is 0 Å². The van der Waals surface area contributed by atoms with E-state index in [0.717, 1.165) is 16.9 Å². The van der Waals surface area contributed by atoms with Gasteiger partial charge in [-0.15, -0.1) is 10.2 Å². The molecule has 1 heterocycles. The zero-order valence-corrected chi connectivity index (χ0v) is 21.5. The molecule has 1 amide bonds. The molecule has 0 aliphatic rings. The summed E-state index contributed by atoms with van der Waals surface area (Å²) in [7, 11) is -4.16. The zero-order chi connectivity index (χ0) is 25.6. The highest BCUT2D eigenvalue weighted by atomic mass is 32.2. The van der Waals surface area contributed by atoms with Gasteiger partial charge in [-0.3, -0.25) is 4.79 Å². The lowest BCUT2D eigenvalue weighted by Crippen LogP contribution is -2.49. The normalized spacial score (nSPS) is 13.6. The lowest BCUT2D eigenvalue weighted by Gasteiger charge is -2.26. The van der Waals surface area contributed by atoms with Gasteiger partial charge in [-0.05, 0) is 38.8 Å². The zero-order valence-electron chi connectivity index (χ0n) is 19.9. The van der Waals surface area contributed by atoms with E-state index < -0.39 is 39.6 Å². The predicted octanol–water partition coefficient (Wildman–Crippen LogP) is 2.94. The Labute approximate surface area is 209 Å². The van der Waals surface area contributed by atoms with Gasteiger partial charge in [0.2, 0.25) is 10.2 Å². The van der Waals surface area contributed by atoms with Gasteiger partial charge < -0.3 is 10.1 Å². The van der Waals surface area contributed by atoms with Crippen molar-refractivity contribution in [2.75, 3.05) is 0 Å². The quantitative estimate of drug-likeness (QED) is 0.419. The van der Waals surface area contributed by atoms with Crippen molar-refractivity contribution < 1.29 is 22.7 Å². The molecule has 0 aliphatic carbocycles. The van der Waals surface area contributed by atoms with Crippen LogP contribution in [0.5, 0.6) is 0 Å². The molecule has 0 bridgehead atoms. The highest BCUT2D eigenvalue weighted by Crippen LogP contribution is 2.21. The molecule has 0 saturated carbocycles. The van der Waals surface area contributed by atoms with Crippen molar-refractivity contribution in [3.63, 3.8) is 0 Å². The minimum Gasteiger partial charge on any atom is -0.458 e. The first-order chi connectivity index (χ1) is 16.4. The highest BCUT2D eigenvalue weighted by molar-refractivity contribution is 7.91. The van der Waals surface area contributed by atoms with Crippen molar-refractivity contribution in [1.82, 2.24) is 20.2 Å². The predicted molar refractivity (Wildman–Crippen MR) is 132 cm³/mol. The van der Waals surface area contributed by atoms with Crippen LogP contribution < -0.4 is 10.0 Å². The van der Waals surface area contributed by atoms with Gasteiger partial charge in [-0.2, -0.15) is 4.72 Å². The van der Waals surface area contributed by atoms with E-state index in [4.69, 9.17) is 4.74 Å². The number of esters is 1. The van der Waals surface area contributed by atoms with Crippen molar-refractivity contribution in [2.45, 2.75) is 56.1 Å². The van der Waals surface area contributed by atoms with E-state index in [-0.39, 0.29) is 10.8 Å². The molecular weight excluding hydrogens is 488 g/mol. The number of carbonyl (C=O) groups excluding carboxylic acids is 2. The van der Waals surface area contributed by atoms with E-state index in [1.54, 1.807) is 58.0 Å². The Morgan fingerprint density at radius 1 is 1.00 bits per heavy atom. The van der Waals surface area contributed by atoms with Crippen molar-refractivity contribution in [3.05, 3.63) is 76.8 Å². The van der Waals surface area contributed by atoms with E-state index in [0.29, 0.717) is 10.6 Å². The fourth-order valence-electron chi connectivity index (χ4n) is 3.18. The second-order valence-electron chi connectivity index (χ2n) is 8.84. The van der Waals surface area contributed by atoms with E-state index in [9.17, 15) is 18.0 Å². The van der Waals surface area contributed by atoms with Crippen LogP contribution >= 0.6 is 11.3 Å². The van der Waals surface area contributed by atoms with Gasteiger partial charge >= 0.3 is 5.97 Å². The Morgan fingerprint density at radius 2 is 1.60 bits per heavy atom. The van der Waals surface area contributed by atoms with E-state index in [1.807, 2.05) is 30.3 Å². The van der Waals surface area contributed by atoms with Gasteiger partial charge in [-0.25, -0.2) is 13.2 Å². The fraction of sp³-hybridized carbons (Fsp3) is 0.333. The number of nitrogens with one attached hydrogen (secondary N) is 2. The maximum Gasteiger partial charge on any atom is 0.329 e. The minimum atomic E-state index is -4.16. The third-order valence-corrected chi connectivity index (χ3v) is 7.32. The number of carbonyl (C=O) groups is 2. The SMILES string of the molecule is Cc1nnc(S(=O)(=O)N[C@@H](C(=O)N[C@@H](Cc2ccccc2)C(=O)OC(C)(C)C)c2ccccc2)s1. The molecule has 11 heteroatoms. The van der Waals surface area contributed by atoms with Crippen molar-refractivity contribution in [3.8, 4) is 0 Å². The van der Waals surface area contributed by atoms with Crippen LogP contribution in [-0.2, 0) is 30.8 Å². The van der Waals surface area contributed by atoms with Gasteiger partial charge in [0.15, 0.2) is 0 Å². The maximum atomic E-state index is 13.5. The molecule has 2 aromatic carbocycles. The van der Waals surface area contributed by atoms with E-state index in [2.05, 4.69) is 20.2 Å².